The quantitative estimate of drug-likeness (QED) is 0.0431. The van der Waals surface area contributed by atoms with E-state index in [2.05, 4.69) is 33.6 Å². The molecule has 1 rings (SSSR count). The van der Waals surface area contributed by atoms with Gasteiger partial charge < -0.3 is 44.0 Å². The average Bonchev–Trinajstić information content (AvgIpc) is 2.88. The predicted molar refractivity (Wildman–Crippen MR) is 148 cm³/mol. The number of aliphatic carboxylic acids is 1. The van der Waals surface area contributed by atoms with Crippen LogP contribution in [0.4, 0.5) is 0 Å². The van der Waals surface area contributed by atoms with Crippen LogP contribution in [0.25, 0.3) is 0 Å². The molecular weight excluding hydrogens is 512 g/mol. The number of thiol groups is 1. The fourth-order valence-corrected chi connectivity index (χ4v) is 3.75. The SMILES string of the molecule is NCCCCC(NC(=O)C(CCCN=C(N)N)NC(=O)C(N)Cc1ccccc1)C(=O)NC(CS)C(=O)O. The summed E-state index contributed by atoms with van der Waals surface area (Å²) < 4.78 is 0. The van der Waals surface area contributed by atoms with Crippen LogP contribution >= 0.6 is 12.6 Å². The third kappa shape index (κ3) is 12.7. The van der Waals surface area contributed by atoms with Gasteiger partial charge in [-0.3, -0.25) is 19.4 Å². The van der Waals surface area contributed by atoms with Crippen molar-refractivity contribution in [3.05, 3.63) is 35.9 Å². The summed E-state index contributed by atoms with van der Waals surface area (Å²) in [6.45, 7) is 0.611. The Bertz CT molecular complexity index is 930. The molecule has 0 fully saturated rings. The molecule has 0 aromatic heterocycles. The van der Waals surface area contributed by atoms with Crippen LogP contribution in [-0.4, -0.2) is 77.8 Å². The molecule has 0 saturated carbocycles. The minimum atomic E-state index is -1.25. The number of carboxylic acids is 1. The monoisotopic (exact) mass is 552 g/mol. The second-order valence-electron chi connectivity index (χ2n) is 8.73. The topological polar surface area (TPSA) is 241 Å². The molecule has 4 atom stereocenters. The Labute approximate surface area is 228 Å². The maximum Gasteiger partial charge on any atom is 0.327 e. The van der Waals surface area contributed by atoms with E-state index in [9.17, 15) is 24.3 Å². The lowest BCUT2D eigenvalue weighted by Gasteiger charge is -2.25. The molecule has 0 heterocycles. The van der Waals surface area contributed by atoms with Crippen LogP contribution in [0.1, 0.15) is 37.7 Å². The molecule has 0 radical (unpaired) electrons. The van der Waals surface area contributed by atoms with E-state index < -0.39 is 47.9 Å². The highest BCUT2D eigenvalue weighted by Crippen LogP contribution is 2.07. The van der Waals surface area contributed by atoms with E-state index in [0.717, 1.165) is 5.56 Å². The molecule has 14 heteroatoms. The molecule has 0 aliphatic carbocycles. The van der Waals surface area contributed by atoms with Gasteiger partial charge in [0.15, 0.2) is 5.96 Å². The third-order valence-electron chi connectivity index (χ3n) is 5.59. The Kier molecular flexibility index (Phi) is 15.5. The van der Waals surface area contributed by atoms with E-state index in [1.165, 1.54) is 0 Å². The Morgan fingerprint density at radius 3 is 1.95 bits per heavy atom. The van der Waals surface area contributed by atoms with Gasteiger partial charge in [-0.05, 0) is 50.6 Å². The van der Waals surface area contributed by atoms with E-state index in [1.54, 1.807) is 0 Å². The van der Waals surface area contributed by atoms with Crippen molar-refractivity contribution in [2.24, 2.45) is 27.9 Å². The lowest BCUT2D eigenvalue weighted by molar-refractivity contribution is -0.141. The van der Waals surface area contributed by atoms with Crippen molar-refractivity contribution >= 4 is 42.3 Å². The molecule has 1 aromatic rings. The first kappa shape index (κ1) is 32.7. The zero-order valence-corrected chi connectivity index (χ0v) is 22.2. The van der Waals surface area contributed by atoms with E-state index in [1.807, 2.05) is 30.3 Å². The molecule has 1 aromatic carbocycles. The highest BCUT2D eigenvalue weighted by atomic mass is 32.1. The molecule has 12 N–H and O–H groups in total. The molecule has 0 spiro atoms. The Morgan fingerprint density at radius 2 is 1.42 bits per heavy atom. The number of aliphatic imine (C=N–C) groups is 1. The first-order valence-corrected chi connectivity index (χ1v) is 13.0. The number of nitrogens with one attached hydrogen (secondary N) is 3. The zero-order chi connectivity index (χ0) is 28.5. The van der Waals surface area contributed by atoms with Crippen molar-refractivity contribution < 1.29 is 24.3 Å². The van der Waals surface area contributed by atoms with Crippen molar-refractivity contribution in [2.75, 3.05) is 18.8 Å². The molecule has 0 saturated heterocycles. The second-order valence-corrected chi connectivity index (χ2v) is 9.10. The molecule has 0 aliphatic heterocycles. The fourth-order valence-electron chi connectivity index (χ4n) is 3.50. The number of guanidine groups is 1. The molecular formula is C24H40N8O5S. The summed E-state index contributed by atoms with van der Waals surface area (Å²) in [5, 5.41) is 16.9. The summed E-state index contributed by atoms with van der Waals surface area (Å²) >= 11 is 3.95. The number of nitrogens with two attached hydrogens (primary N) is 4. The maximum absolute atomic E-state index is 13.2. The Morgan fingerprint density at radius 1 is 0.868 bits per heavy atom. The number of carbonyl (C=O) groups is 4. The highest BCUT2D eigenvalue weighted by molar-refractivity contribution is 7.80. The largest absolute Gasteiger partial charge is 0.480 e. The predicted octanol–water partition coefficient (Wildman–Crippen LogP) is -1.79. The summed E-state index contributed by atoms with van der Waals surface area (Å²) in [5.74, 6) is -3.33. The molecule has 13 nitrogen and oxygen atoms in total. The van der Waals surface area contributed by atoms with Crippen LogP contribution in [0.5, 0.6) is 0 Å². The van der Waals surface area contributed by atoms with Crippen molar-refractivity contribution in [1.82, 2.24) is 16.0 Å². The first-order valence-electron chi connectivity index (χ1n) is 12.4. The van der Waals surface area contributed by atoms with E-state index >= 15 is 0 Å². The van der Waals surface area contributed by atoms with Gasteiger partial charge in [-0.2, -0.15) is 12.6 Å². The number of hydrogen-bond donors (Lipinski definition) is 9. The van der Waals surface area contributed by atoms with Gasteiger partial charge in [0, 0.05) is 12.3 Å². The maximum atomic E-state index is 13.2. The standard InChI is InChI=1S/C24H40N8O5S/c25-11-5-4-9-17(22(35)32-19(14-38)23(36)37)31-21(34)18(10-6-12-29-24(27)28)30-20(33)16(26)13-15-7-2-1-3-8-15/h1-3,7-8,16-19,38H,4-6,9-14,25-26H2,(H,30,33)(H,31,34)(H,32,35)(H,36,37)(H4,27,28,29). The number of rotatable bonds is 18. The Balaban J connectivity index is 2.99. The molecule has 0 bridgehead atoms. The minimum Gasteiger partial charge on any atom is -0.480 e. The number of carbonyl (C=O) groups excluding carboxylic acids is 3. The zero-order valence-electron chi connectivity index (χ0n) is 21.3. The molecule has 3 amide bonds. The lowest BCUT2D eigenvalue weighted by atomic mass is 10.0. The van der Waals surface area contributed by atoms with E-state index in [4.69, 9.17) is 22.9 Å². The second kappa shape index (κ2) is 18.0. The van der Waals surface area contributed by atoms with Gasteiger partial charge in [0.1, 0.15) is 18.1 Å². The summed E-state index contributed by atoms with van der Waals surface area (Å²) in [5.41, 5.74) is 23.2. The van der Waals surface area contributed by atoms with Crippen molar-refractivity contribution in [2.45, 2.75) is 62.7 Å². The minimum absolute atomic E-state index is 0.103. The van der Waals surface area contributed by atoms with Gasteiger partial charge in [0.2, 0.25) is 17.7 Å². The molecule has 4 unspecified atom stereocenters. The van der Waals surface area contributed by atoms with Gasteiger partial charge in [-0.25, -0.2) is 4.79 Å². The number of unbranched alkanes of at least 4 members (excludes halogenated alkanes) is 1. The Hall–Kier alpha value is -3.36. The number of hydrogen-bond acceptors (Lipinski definition) is 8. The highest BCUT2D eigenvalue weighted by Gasteiger charge is 2.29. The fraction of sp³-hybridized carbons (Fsp3) is 0.542. The van der Waals surface area contributed by atoms with Crippen LogP contribution in [0.2, 0.25) is 0 Å². The number of amides is 3. The van der Waals surface area contributed by atoms with Gasteiger partial charge in [0.25, 0.3) is 0 Å². The molecule has 212 valence electrons. The molecule has 0 aliphatic rings. The normalized spacial score (nSPS) is 13.9. The average molecular weight is 553 g/mol. The summed E-state index contributed by atoms with van der Waals surface area (Å²) in [6, 6.07) is 4.96. The third-order valence-corrected chi connectivity index (χ3v) is 5.96. The summed E-state index contributed by atoms with van der Waals surface area (Å²) in [6.07, 6.45) is 2.11. The van der Waals surface area contributed by atoms with Crippen LogP contribution in [0.3, 0.4) is 0 Å². The first-order chi connectivity index (χ1) is 18.1. The number of nitrogens with zero attached hydrogens (tertiary/aromatic N) is 1. The smallest absolute Gasteiger partial charge is 0.327 e. The van der Waals surface area contributed by atoms with Gasteiger partial charge in [-0.15, -0.1) is 0 Å². The van der Waals surface area contributed by atoms with E-state index in [0.29, 0.717) is 25.8 Å². The van der Waals surface area contributed by atoms with Gasteiger partial charge >= 0.3 is 5.97 Å². The van der Waals surface area contributed by atoms with Crippen LogP contribution < -0.4 is 38.9 Å². The van der Waals surface area contributed by atoms with Gasteiger partial charge in [0.05, 0.1) is 6.04 Å². The van der Waals surface area contributed by atoms with Crippen LogP contribution in [0, 0.1) is 0 Å². The summed E-state index contributed by atoms with van der Waals surface area (Å²) in [4.78, 5) is 54.1. The van der Waals surface area contributed by atoms with Crippen LogP contribution in [0.15, 0.2) is 35.3 Å². The van der Waals surface area contributed by atoms with Crippen molar-refractivity contribution in [3.8, 4) is 0 Å². The van der Waals surface area contributed by atoms with Crippen molar-refractivity contribution in [3.63, 3.8) is 0 Å². The molecule has 38 heavy (non-hydrogen) atoms. The van der Waals surface area contributed by atoms with Crippen molar-refractivity contribution in [1.29, 1.82) is 0 Å². The number of carboxylic acid groups (broad SMARTS) is 1. The van der Waals surface area contributed by atoms with E-state index in [-0.39, 0.29) is 37.5 Å². The lowest BCUT2D eigenvalue weighted by Crippen LogP contribution is -2.57. The number of benzene rings is 1. The van der Waals surface area contributed by atoms with Gasteiger partial charge in [-0.1, -0.05) is 30.3 Å². The summed E-state index contributed by atoms with van der Waals surface area (Å²) in [7, 11) is 0. The van der Waals surface area contributed by atoms with Crippen LogP contribution in [-0.2, 0) is 25.6 Å².